The van der Waals surface area contributed by atoms with Crippen LogP contribution in [0.4, 0.5) is 4.39 Å². The number of nitrogens with one attached hydrogen (secondary N) is 1. The molecule has 0 aliphatic carbocycles. The molecule has 1 fully saturated rings. The summed E-state index contributed by atoms with van der Waals surface area (Å²) in [4.78, 5) is 14.3. The van der Waals surface area contributed by atoms with E-state index in [2.05, 4.69) is 10.5 Å². The summed E-state index contributed by atoms with van der Waals surface area (Å²) in [5.41, 5.74) is 1.43. The quantitative estimate of drug-likeness (QED) is 0.920. The Morgan fingerprint density at radius 3 is 2.95 bits per heavy atom. The van der Waals surface area contributed by atoms with E-state index in [1.54, 1.807) is 24.0 Å². The van der Waals surface area contributed by atoms with Crippen molar-refractivity contribution < 1.29 is 13.7 Å². The Bertz CT molecular complexity index is 662. The molecule has 7 heteroatoms. The van der Waals surface area contributed by atoms with E-state index in [-0.39, 0.29) is 35.9 Å². The zero-order valence-electron chi connectivity index (χ0n) is 12.1. The lowest BCUT2D eigenvalue weighted by molar-refractivity contribution is 0.0591. The van der Waals surface area contributed by atoms with E-state index in [9.17, 15) is 9.18 Å². The van der Waals surface area contributed by atoms with Crippen LogP contribution in [0, 0.1) is 12.7 Å². The van der Waals surface area contributed by atoms with E-state index < -0.39 is 0 Å². The topological polar surface area (TPSA) is 58.4 Å². The maximum atomic E-state index is 13.4. The van der Waals surface area contributed by atoms with E-state index >= 15 is 0 Å². The fourth-order valence-corrected chi connectivity index (χ4v) is 2.56. The number of aromatic nitrogens is 1. The molecule has 2 heterocycles. The smallest absolute Gasteiger partial charge is 0.293 e. The van der Waals surface area contributed by atoms with Crippen LogP contribution in [0.1, 0.15) is 27.9 Å². The average Bonchev–Trinajstić information content (AvgIpc) is 2.93. The third-order valence-corrected chi connectivity index (χ3v) is 3.58. The lowest BCUT2D eigenvalue weighted by Gasteiger charge is -2.35. The van der Waals surface area contributed by atoms with Crippen molar-refractivity contribution in [2.24, 2.45) is 0 Å². The summed E-state index contributed by atoms with van der Waals surface area (Å²) in [7, 11) is 0. The predicted octanol–water partition coefficient (Wildman–Crippen LogP) is 2.33. The molecule has 1 atom stereocenters. The molecule has 0 radical (unpaired) electrons. The summed E-state index contributed by atoms with van der Waals surface area (Å²) in [5, 5.41) is 6.98. The van der Waals surface area contributed by atoms with Crippen molar-refractivity contribution in [1.82, 2.24) is 15.4 Å². The molecule has 1 amide bonds. The van der Waals surface area contributed by atoms with Crippen molar-refractivity contribution >= 4 is 18.3 Å². The summed E-state index contributed by atoms with van der Waals surface area (Å²) in [6.45, 7) is 3.59. The largest absolute Gasteiger partial charge is 0.351 e. The maximum absolute atomic E-state index is 13.4. The van der Waals surface area contributed by atoms with Gasteiger partial charge in [0.05, 0.1) is 11.7 Å². The van der Waals surface area contributed by atoms with Gasteiger partial charge in [0.15, 0.2) is 0 Å². The number of aryl methyl sites for hydroxylation is 1. The molecule has 1 aliphatic heterocycles. The minimum Gasteiger partial charge on any atom is -0.351 e. The average molecular weight is 326 g/mol. The van der Waals surface area contributed by atoms with Crippen molar-refractivity contribution in [2.45, 2.75) is 13.0 Å². The fraction of sp³-hybridized carbons (Fsp3) is 0.333. The summed E-state index contributed by atoms with van der Waals surface area (Å²) >= 11 is 0. The van der Waals surface area contributed by atoms with Crippen molar-refractivity contribution in [3.05, 3.63) is 53.2 Å². The maximum Gasteiger partial charge on any atom is 0.293 e. The molecule has 22 heavy (non-hydrogen) atoms. The molecule has 1 unspecified atom stereocenters. The van der Waals surface area contributed by atoms with E-state index in [0.29, 0.717) is 25.3 Å². The molecule has 1 N–H and O–H groups in total. The van der Waals surface area contributed by atoms with Crippen LogP contribution in [0.2, 0.25) is 0 Å². The van der Waals surface area contributed by atoms with Crippen LogP contribution in [-0.4, -0.2) is 35.6 Å². The van der Waals surface area contributed by atoms with Crippen LogP contribution in [-0.2, 0) is 0 Å². The lowest BCUT2D eigenvalue weighted by Crippen LogP contribution is -2.48. The van der Waals surface area contributed by atoms with Crippen molar-refractivity contribution in [3.63, 3.8) is 0 Å². The molecule has 0 saturated carbocycles. The molecule has 2 aromatic rings. The van der Waals surface area contributed by atoms with Gasteiger partial charge in [-0.2, -0.15) is 0 Å². The second-order valence-electron chi connectivity index (χ2n) is 5.11. The number of hydrogen-bond donors (Lipinski definition) is 1. The van der Waals surface area contributed by atoms with Crippen molar-refractivity contribution in [3.8, 4) is 0 Å². The summed E-state index contributed by atoms with van der Waals surface area (Å²) < 4.78 is 18.5. The minimum atomic E-state index is -0.305. The number of benzene rings is 1. The molecule has 0 bridgehead atoms. The van der Waals surface area contributed by atoms with Gasteiger partial charge < -0.3 is 14.7 Å². The number of hydrogen-bond acceptors (Lipinski definition) is 4. The minimum absolute atomic E-state index is 0. The van der Waals surface area contributed by atoms with Gasteiger partial charge >= 0.3 is 0 Å². The zero-order chi connectivity index (χ0) is 14.8. The van der Waals surface area contributed by atoms with Crippen LogP contribution in [0.25, 0.3) is 0 Å². The molecule has 1 saturated heterocycles. The Morgan fingerprint density at radius 1 is 1.45 bits per heavy atom. The first-order valence-corrected chi connectivity index (χ1v) is 6.85. The Hall–Kier alpha value is -1.92. The summed E-state index contributed by atoms with van der Waals surface area (Å²) in [5.74, 6) is -0.303. The Morgan fingerprint density at radius 2 is 2.27 bits per heavy atom. The van der Waals surface area contributed by atoms with Gasteiger partial charge in [0, 0.05) is 25.7 Å². The van der Waals surface area contributed by atoms with Crippen LogP contribution >= 0.6 is 12.4 Å². The fourth-order valence-electron chi connectivity index (χ4n) is 2.56. The number of amides is 1. The molecule has 1 aromatic carbocycles. The molecular formula is C15H17ClFN3O2. The zero-order valence-corrected chi connectivity index (χ0v) is 12.9. The number of rotatable bonds is 2. The van der Waals surface area contributed by atoms with E-state index in [4.69, 9.17) is 4.52 Å². The normalized spacial score (nSPS) is 17.9. The number of carbonyl (C=O) groups is 1. The van der Waals surface area contributed by atoms with Gasteiger partial charge in [-0.15, -0.1) is 12.4 Å². The number of piperazine rings is 1. The molecule has 5 nitrogen and oxygen atoms in total. The van der Waals surface area contributed by atoms with Gasteiger partial charge in [-0.25, -0.2) is 4.39 Å². The Balaban J connectivity index is 0.00000176. The molecule has 118 valence electrons. The van der Waals surface area contributed by atoms with Gasteiger partial charge in [0.2, 0.25) is 5.76 Å². The number of nitrogens with zero attached hydrogens (tertiary/aromatic N) is 2. The van der Waals surface area contributed by atoms with Crippen molar-refractivity contribution in [2.75, 3.05) is 19.6 Å². The van der Waals surface area contributed by atoms with Crippen molar-refractivity contribution in [1.29, 1.82) is 0 Å². The molecule has 0 spiro atoms. The van der Waals surface area contributed by atoms with Crippen LogP contribution in [0.3, 0.4) is 0 Å². The first-order chi connectivity index (χ1) is 10.1. The highest BCUT2D eigenvalue weighted by Crippen LogP contribution is 2.24. The monoisotopic (exact) mass is 325 g/mol. The first-order valence-electron chi connectivity index (χ1n) is 6.85. The summed E-state index contributed by atoms with van der Waals surface area (Å²) in [6, 6.07) is 7.74. The second kappa shape index (κ2) is 6.89. The Labute approximate surface area is 133 Å². The van der Waals surface area contributed by atoms with E-state index in [1.807, 2.05) is 6.07 Å². The summed E-state index contributed by atoms with van der Waals surface area (Å²) in [6.07, 6.45) is 0. The standard InChI is InChI=1S/C15H16FN3O2.ClH/c1-10-7-14(21-18-10)15(20)19-6-5-17-9-13(19)11-3-2-4-12(16)8-11;/h2-4,7-8,13,17H,5-6,9H2,1H3;1H. The predicted molar refractivity (Wildman–Crippen MR) is 81.5 cm³/mol. The Kier molecular flexibility index (Phi) is 5.15. The SMILES string of the molecule is Cc1cc(C(=O)N2CCNCC2c2cccc(F)c2)on1.Cl. The van der Waals surface area contributed by atoms with Crippen LogP contribution in [0.5, 0.6) is 0 Å². The third-order valence-electron chi connectivity index (χ3n) is 3.58. The highest BCUT2D eigenvalue weighted by atomic mass is 35.5. The highest BCUT2D eigenvalue weighted by molar-refractivity contribution is 5.91. The van der Waals surface area contributed by atoms with E-state index in [0.717, 1.165) is 5.56 Å². The number of carbonyl (C=O) groups excluding carboxylic acids is 1. The molecular weight excluding hydrogens is 309 g/mol. The number of halogens is 2. The van der Waals surface area contributed by atoms with Gasteiger partial charge in [0.25, 0.3) is 5.91 Å². The van der Waals surface area contributed by atoms with Gasteiger partial charge in [-0.05, 0) is 24.6 Å². The molecule has 1 aromatic heterocycles. The van der Waals surface area contributed by atoms with Gasteiger partial charge in [-0.3, -0.25) is 4.79 Å². The molecule has 3 rings (SSSR count). The van der Waals surface area contributed by atoms with Gasteiger partial charge in [0.1, 0.15) is 5.82 Å². The first kappa shape index (κ1) is 16.5. The van der Waals surface area contributed by atoms with Crippen LogP contribution in [0.15, 0.2) is 34.9 Å². The lowest BCUT2D eigenvalue weighted by atomic mass is 10.0. The third kappa shape index (κ3) is 3.28. The second-order valence-corrected chi connectivity index (χ2v) is 5.11. The highest BCUT2D eigenvalue weighted by Gasteiger charge is 2.30. The van der Waals surface area contributed by atoms with Crippen LogP contribution < -0.4 is 5.32 Å². The molecule has 1 aliphatic rings. The van der Waals surface area contributed by atoms with E-state index in [1.165, 1.54) is 12.1 Å². The van der Waals surface area contributed by atoms with Gasteiger partial charge in [-0.1, -0.05) is 17.3 Å².